The second-order valence-electron chi connectivity index (χ2n) is 10.4. The van der Waals surface area contributed by atoms with Gasteiger partial charge in [-0.2, -0.15) is 0 Å². The van der Waals surface area contributed by atoms with Gasteiger partial charge in [0.05, 0.1) is 11.9 Å². The van der Waals surface area contributed by atoms with Crippen LogP contribution in [0, 0.1) is 11.3 Å². The van der Waals surface area contributed by atoms with Gasteiger partial charge in [0, 0.05) is 33.2 Å². The zero-order valence-electron chi connectivity index (χ0n) is 20.2. The third-order valence-corrected chi connectivity index (χ3v) is 6.24. The summed E-state index contributed by atoms with van der Waals surface area (Å²) in [7, 11) is 1.79. The maximum Gasteiger partial charge on any atom is 0.330 e. The van der Waals surface area contributed by atoms with E-state index in [4.69, 9.17) is 4.98 Å². The van der Waals surface area contributed by atoms with Crippen LogP contribution in [0.1, 0.15) is 39.2 Å². The molecule has 0 bridgehead atoms. The Labute approximate surface area is 195 Å². The number of amides is 1. The van der Waals surface area contributed by atoms with Gasteiger partial charge in [0.2, 0.25) is 5.91 Å². The van der Waals surface area contributed by atoms with Crippen molar-refractivity contribution in [1.82, 2.24) is 19.4 Å². The Morgan fingerprint density at radius 2 is 1.91 bits per heavy atom. The summed E-state index contributed by atoms with van der Waals surface area (Å²) in [5.74, 6) is 1.34. The van der Waals surface area contributed by atoms with Crippen LogP contribution in [-0.4, -0.2) is 39.7 Å². The smallest absolute Gasteiger partial charge is 0.330 e. The fourth-order valence-corrected chi connectivity index (χ4v) is 4.61. The van der Waals surface area contributed by atoms with Crippen LogP contribution in [-0.2, 0) is 24.8 Å². The zero-order valence-corrected chi connectivity index (χ0v) is 20.2. The first-order chi connectivity index (χ1) is 15.7. The molecule has 176 valence electrons. The van der Waals surface area contributed by atoms with E-state index in [1.165, 1.54) is 0 Å². The monoisotopic (exact) mass is 449 g/mol. The van der Waals surface area contributed by atoms with E-state index in [-0.39, 0.29) is 17.0 Å². The summed E-state index contributed by atoms with van der Waals surface area (Å²) in [5, 5.41) is 3.11. The fraction of sp³-hybridized carbons (Fsp3) is 0.500. The van der Waals surface area contributed by atoms with Gasteiger partial charge in [-0.05, 0) is 41.9 Å². The summed E-state index contributed by atoms with van der Waals surface area (Å²) in [6, 6.07) is 13.9. The van der Waals surface area contributed by atoms with Crippen molar-refractivity contribution in [2.24, 2.45) is 18.4 Å². The van der Waals surface area contributed by atoms with E-state index in [2.05, 4.69) is 31.0 Å². The molecule has 1 aliphatic heterocycles. The summed E-state index contributed by atoms with van der Waals surface area (Å²) in [6.45, 7) is 9.50. The van der Waals surface area contributed by atoms with Crippen LogP contribution in [0.4, 0.5) is 5.82 Å². The second kappa shape index (κ2) is 9.41. The molecule has 3 aromatic rings. The molecule has 7 heteroatoms. The third kappa shape index (κ3) is 5.46. The standard InChI is InChI=1S/C26H35N5O2/c1-26(2,3)18-31-21-12-13-22(28-24(21)29(4)25(31)33)30-14-8-11-20(17-30)16-27-23(32)15-19-9-6-5-7-10-19/h5-7,9-10,12-13,20H,8,11,14-18H2,1-4H3,(H,27,32). The Balaban J connectivity index is 1.43. The SMILES string of the molecule is Cn1c(=O)n(CC(C)(C)C)c2ccc(N3CCCC(CNC(=O)Cc4ccccc4)C3)nc21. The number of aryl methyl sites for hydroxylation is 1. The van der Waals surface area contributed by atoms with Crippen molar-refractivity contribution in [3.05, 3.63) is 58.5 Å². The molecule has 1 fully saturated rings. The van der Waals surface area contributed by atoms with Crippen molar-refractivity contribution in [2.45, 2.75) is 46.6 Å². The molecule has 1 aliphatic rings. The second-order valence-corrected chi connectivity index (χ2v) is 10.4. The van der Waals surface area contributed by atoms with E-state index in [0.717, 1.165) is 48.5 Å². The molecule has 1 unspecified atom stereocenters. The van der Waals surface area contributed by atoms with E-state index in [9.17, 15) is 9.59 Å². The minimum atomic E-state index is -0.0257. The maximum atomic E-state index is 12.8. The summed E-state index contributed by atoms with van der Waals surface area (Å²) >= 11 is 0. The van der Waals surface area contributed by atoms with Crippen molar-refractivity contribution in [3.63, 3.8) is 0 Å². The van der Waals surface area contributed by atoms with Gasteiger partial charge in [0.25, 0.3) is 0 Å². The normalized spacial score (nSPS) is 16.8. The van der Waals surface area contributed by atoms with E-state index >= 15 is 0 Å². The van der Waals surface area contributed by atoms with Gasteiger partial charge in [-0.25, -0.2) is 9.78 Å². The lowest BCUT2D eigenvalue weighted by Gasteiger charge is -2.33. The third-order valence-electron chi connectivity index (χ3n) is 6.24. The quantitative estimate of drug-likeness (QED) is 0.626. The highest BCUT2D eigenvalue weighted by Crippen LogP contribution is 2.25. The number of fused-ring (bicyclic) bond motifs is 1. The molecule has 0 spiro atoms. The van der Waals surface area contributed by atoms with Crippen LogP contribution < -0.4 is 15.9 Å². The number of carbonyl (C=O) groups is 1. The number of benzene rings is 1. The molecular formula is C26H35N5O2. The topological polar surface area (TPSA) is 72.2 Å². The number of piperidine rings is 1. The molecule has 0 radical (unpaired) electrons. The van der Waals surface area contributed by atoms with Gasteiger partial charge in [-0.15, -0.1) is 0 Å². The fourth-order valence-electron chi connectivity index (χ4n) is 4.61. The van der Waals surface area contributed by atoms with Gasteiger partial charge >= 0.3 is 5.69 Å². The van der Waals surface area contributed by atoms with Gasteiger partial charge in [0.1, 0.15) is 5.82 Å². The number of imidazole rings is 1. The predicted molar refractivity (Wildman–Crippen MR) is 133 cm³/mol. The summed E-state index contributed by atoms with van der Waals surface area (Å²) in [6.07, 6.45) is 2.56. The Morgan fingerprint density at radius 3 is 2.64 bits per heavy atom. The molecular weight excluding hydrogens is 414 g/mol. The maximum absolute atomic E-state index is 12.8. The molecule has 1 N–H and O–H groups in total. The summed E-state index contributed by atoms with van der Waals surface area (Å²) in [5.41, 5.74) is 2.61. The van der Waals surface area contributed by atoms with Crippen molar-refractivity contribution in [1.29, 1.82) is 0 Å². The Kier molecular flexibility index (Phi) is 6.58. The first-order valence-corrected chi connectivity index (χ1v) is 11.8. The average Bonchev–Trinajstić information content (AvgIpc) is 3.02. The Bertz CT molecular complexity index is 1170. The van der Waals surface area contributed by atoms with Crippen molar-refractivity contribution in [3.8, 4) is 0 Å². The molecule has 1 amide bonds. The molecule has 1 atom stereocenters. The molecule has 7 nitrogen and oxygen atoms in total. The van der Waals surface area contributed by atoms with Crippen LogP contribution in [0.3, 0.4) is 0 Å². The van der Waals surface area contributed by atoms with Gasteiger partial charge in [-0.1, -0.05) is 51.1 Å². The number of hydrogen-bond donors (Lipinski definition) is 1. The van der Waals surface area contributed by atoms with E-state index in [0.29, 0.717) is 25.4 Å². The number of nitrogens with one attached hydrogen (secondary N) is 1. The number of anilines is 1. The number of nitrogens with zero attached hydrogens (tertiary/aromatic N) is 4. The first kappa shape index (κ1) is 23.1. The van der Waals surface area contributed by atoms with Crippen molar-refractivity contribution in [2.75, 3.05) is 24.5 Å². The average molecular weight is 450 g/mol. The molecule has 0 saturated carbocycles. The predicted octanol–water partition coefficient (Wildman–Crippen LogP) is 3.36. The van der Waals surface area contributed by atoms with Crippen LogP contribution in [0.5, 0.6) is 0 Å². The highest BCUT2D eigenvalue weighted by molar-refractivity contribution is 5.78. The van der Waals surface area contributed by atoms with E-state index < -0.39 is 0 Å². The van der Waals surface area contributed by atoms with Crippen LogP contribution in [0.25, 0.3) is 11.2 Å². The molecule has 0 aliphatic carbocycles. The molecule has 1 saturated heterocycles. The number of carbonyl (C=O) groups excluding carboxylic acids is 1. The number of pyridine rings is 1. The van der Waals surface area contributed by atoms with Crippen molar-refractivity contribution >= 4 is 22.9 Å². The van der Waals surface area contributed by atoms with Crippen LogP contribution in [0.15, 0.2) is 47.3 Å². The lowest BCUT2D eigenvalue weighted by molar-refractivity contribution is -0.120. The number of rotatable bonds is 6. The number of hydrogen-bond acceptors (Lipinski definition) is 4. The largest absolute Gasteiger partial charge is 0.356 e. The highest BCUT2D eigenvalue weighted by Gasteiger charge is 2.23. The molecule has 3 heterocycles. The summed E-state index contributed by atoms with van der Waals surface area (Å²) < 4.78 is 3.48. The number of aromatic nitrogens is 3. The molecule has 2 aromatic heterocycles. The first-order valence-electron chi connectivity index (χ1n) is 11.8. The highest BCUT2D eigenvalue weighted by atomic mass is 16.2. The Hall–Kier alpha value is -3.09. The lowest BCUT2D eigenvalue weighted by Crippen LogP contribution is -2.41. The lowest BCUT2D eigenvalue weighted by atomic mass is 9.97. The zero-order chi connectivity index (χ0) is 23.6. The van der Waals surface area contributed by atoms with Crippen LogP contribution >= 0.6 is 0 Å². The van der Waals surface area contributed by atoms with Crippen molar-refractivity contribution < 1.29 is 4.79 Å². The Morgan fingerprint density at radius 1 is 1.15 bits per heavy atom. The van der Waals surface area contributed by atoms with Gasteiger partial charge in [0.15, 0.2) is 5.65 Å². The minimum absolute atomic E-state index is 0.00180. The minimum Gasteiger partial charge on any atom is -0.356 e. The molecule has 1 aromatic carbocycles. The van der Waals surface area contributed by atoms with Gasteiger partial charge in [-0.3, -0.25) is 13.9 Å². The van der Waals surface area contributed by atoms with E-state index in [1.807, 2.05) is 47.0 Å². The molecule has 33 heavy (non-hydrogen) atoms. The molecule has 4 rings (SSSR count). The van der Waals surface area contributed by atoms with Crippen LogP contribution in [0.2, 0.25) is 0 Å². The van der Waals surface area contributed by atoms with E-state index in [1.54, 1.807) is 11.6 Å². The summed E-state index contributed by atoms with van der Waals surface area (Å²) in [4.78, 5) is 32.3. The van der Waals surface area contributed by atoms with Gasteiger partial charge < -0.3 is 10.2 Å².